The van der Waals surface area contributed by atoms with Gasteiger partial charge in [-0.2, -0.15) is 0 Å². The van der Waals surface area contributed by atoms with Crippen LogP contribution in [0.2, 0.25) is 0 Å². The predicted octanol–water partition coefficient (Wildman–Crippen LogP) is 0.746. The largest absolute Gasteiger partial charge is 0.357 e. The van der Waals surface area contributed by atoms with Crippen LogP contribution in [0.5, 0.6) is 0 Å². The summed E-state index contributed by atoms with van der Waals surface area (Å²) < 4.78 is 2.94. The number of aromatic nitrogens is 1. The molecule has 1 unspecified atom stereocenters. The van der Waals surface area contributed by atoms with Crippen molar-refractivity contribution >= 4 is 27.7 Å². The van der Waals surface area contributed by atoms with Crippen LogP contribution in [0.1, 0.15) is 29.4 Å². The van der Waals surface area contributed by atoms with Crippen molar-refractivity contribution in [3.63, 3.8) is 0 Å². The summed E-state index contributed by atoms with van der Waals surface area (Å²) in [5, 5.41) is 5.81. The van der Waals surface area contributed by atoms with Crippen LogP contribution in [0.25, 0.3) is 0 Å². The molecule has 2 aliphatic rings. The van der Waals surface area contributed by atoms with Crippen LogP contribution in [-0.2, 0) is 4.79 Å². The summed E-state index contributed by atoms with van der Waals surface area (Å²) in [5.74, 6) is -0.193. The van der Waals surface area contributed by atoms with Gasteiger partial charge in [0.2, 0.25) is 5.91 Å². The molecular weight excluding hydrogens is 336 g/mol. The summed E-state index contributed by atoms with van der Waals surface area (Å²) >= 11 is 3.45. The van der Waals surface area contributed by atoms with Gasteiger partial charge in [0, 0.05) is 43.4 Å². The van der Waals surface area contributed by atoms with Crippen molar-refractivity contribution < 1.29 is 9.59 Å². The topological polar surface area (TPSA) is 66.4 Å². The van der Waals surface area contributed by atoms with Crippen molar-refractivity contribution in [1.29, 1.82) is 0 Å². The maximum Gasteiger partial charge on any atom is 0.271 e. The van der Waals surface area contributed by atoms with Crippen LogP contribution < -0.4 is 10.6 Å². The van der Waals surface area contributed by atoms with Gasteiger partial charge in [-0.3, -0.25) is 9.59 Å². The molecule has 1 saturated carbocycles. The van der Waals surface area contributed by atoms with Crippen molar-refractivity contribution in [2.24, 2.45) is 0 Å². The third-order valence-electron chi connectivity index (χ3n) is 4.03. The van der Waals surface area contributed by atoms with Gasteiger partial charge in [0.15, 0.2) is 0 Å². The molecule has 2 amide bonds. The van der Waals surface area contributed by atoms with Crippen LogP contribution in [0, 0.1) is 0 Å². The third kappa shape index (κ3) is 2.85. The summed E-state index contributed by atoms with van der Waals surface area (Å²) in [7, 11) is 1.60. The van der Waals surface area contributed by atoms with Gasteiger partial charge in [-0.25, -0.2) is 0 Å². The Labute approximate surface area is 132 Å². The van der Waals surface area contributed by atoms with E-state index in [1.165, 1.54) is 0 Å². The van der Waals surface area contributed by atoms with E-state index in [-0.39, 0.29) is 11.8 Å². The predicted molar refractivity (Wildman–Crippen MR) is 82.2 cm³/mol. The Morgan fingerprint density at radius 3 is 2.86 bits per heavy atom. The van der Waals surface area contributed by atoms with Crippen molar-refractivity contribution in [2.75, 3.05) is 26.7 Å². The molecule has 3 rings (SSSR count). The zero-order chi connectivity index (χ0) is 15.0. The fraction of sp³-hybridized carbons (Fsp3) is 0.571. The van der Waals surface area contributed by atoms with E-state index in [0.717, 1.165) is 17.3 Å². The van der Waals surface area contributed by atoms with Gasteiger partial charge in [-0.15, -0.1) is 0 Å². The number of carbonyl (C=O) groups is 2. The molecule has 1 aromatic heterocycles. The van der Waals surface area contributed by atoms with E-state index in [1.54, 1.807) is 11.9 Å². The molecule has 114 valence electrons. The summed E-state index contributed by atoms with van der Waals surface area (Å²) in [5.41, 5.74) is 0.667. The second-order valence-electron chi connectivity index (χ2n) is 5.51. The van der Waals surface area contributed by atoms with Crippen LogP contribution in [0.3, 0.4) is 0 Å². The highest BCUT2D eigenvalue weighted by atomic mass is 79.9. The van der Waals surface area contributed by atoms with Crippen LogP contribution >= 0.6 is 15.9 Å². The highest BCUT2D eigenvalue weighted by molar-refractivity contribution is 9.10. The van der Waals surface area contributed by atoms with Crippen LogP contribution in [0.15, 0.2) is 16.7 Å². The molecule has 21 heavy (non-hydrogen) atoms. The Morgan fingerprint density at radius 2 is 2.19 bits per heavy atom. The van der Waals surface area contributed by atoms with Gasteiger partial charge in [-0.1, -0.05) is 0 Å². The van der Waals surface area contributed by atoms with E-state index < -0.39 is 6.04 Å². The van der Waals surface area contributed by atoms with Gasteiger partial charge in [0.25, 0.3) is 5.91 Å². The van der Waals surface area contributed by atoms with Crippen molar-refractivity contribution in [2.45, 2.75) is 24.9 Å². The molecule has 2 N–H and O–H groups in total. The number of halogens is 1. The molecule has 1 aromatic rings. The quantitative estimate of drug-likeness (QED) is 0.841. The molecule has 1 atom stereocenters. The molecule has 1 aliphatic heterocycles. The maximum atomic E-state index is 12.9. The van der Waals surface area contributed by atoms with E-state index in [2.05, 4.69) is 26.6 Å². The fourth-order valence-corrected chi connectivity index (χ4v) is 3.20. The Kier molecular flexibility index (Phi) is 4.03. The molecule has 0 radical (unpaired) electrons. The summed E-state index contributed by atoms with van der Waals surface area (Å²) in [6.07, 6.45) is 4.19. The highest BCUT2D eigenvalue weighted by Crippen LogP contribution is 2.37. The molecule has 1 saturated heterocycles. The van der Waals surface area contributed by atoms with Crippen molar-refractivity contribution in [3.8, 4) is 0 Å². The number of likely N-dealkylation sites (N-methyl/N-ethyl adjacent to an activating group) is 1. The molecule has 0 bridgehead atoms. The molecule has 6 nitrogen and oxygen atoms in total. The molecule has 2 fully saturated rings. The molecular formula is C14H19BrN4O2. The Morgan fingerprint density at radius 1 is 1.43 bits per heavy atom. The number of piperazine rings is 1. The second kappa shape index (κ2) is 5.81. The Balaban J connectivity index is 1.87. The van der Waals surface area contributed by atoms with Gasteiger partial charge in [0.05, 0.1) is 0 Å². The van der Waals surface area contributed by atoms with Gasteiger partial charge < -0.3 is 20.1 Å². The summed E-state index contributed by atoms with van der Waals surface area (Å²) in [4.78, 5) is 26.5. The minimum Gasteiger partial charge on any atom is -0.357 e. The third-order valence-corrected chi connectivity index (χ3v) is 4.46. The lowest BCUT2D eigenvalue weighted by molar-refractivity contribution is -0.125. The SMILES string of the molecule is CNC(=O)C1CNCCN1C(=O)c1cc(Br)cn1C1CC1. The first-order valence-corrected chi connectivity index (χ1v) is 8.01. The lowest BCUT2D eigenvalue weighted by Gasteiger charge is -2.35. The number of nitrogens with one attached hydrogen (secondary N) is 2. The average molecular weight is 355 g/mol. The number of carbonyl (C=O) groups excluding carboxylic acids is 2. The number of hydrogen-bond donors (Lipinski definition) is 2. The first-order valence-electron chi connectivity index (χ1n) is 7.22. The smallest absolute Gasteiger partial charge is 0.271 e. The van der Waals surface area contributed by atoms with Crippen LogP contribution in [0.4, 0.5) is 0 Å². The molecule has 7 heteroatoms. The van der Waals surface area contributed by atoms with Crippen molar-refractivity contribution in [1.82, 2.24) is 20.1 Å². The zero-order valence-corrected chi connectivity index (χ0v) is 13.5. The van der Waals surface area contributed by atoms with E-state index in [4.69, 9.17) is 0 Å². The lowest BCUT2D eigenvalue weighted by Crippen LogP contribution is -2.59. The monoisotopic (exact) mass is 354 g/mol. The second-order valence-corrected chi connectivity index (χ2v) is 6.43. The fourth-order valence-electron chi connectivity index (χ4n) is 2.77. The van der Waals surface area contributed by atoms with Gasteiger partial charge in [0.1, 0.15) is 11.7 Å². The normalized spacial score (nSPS) is 22.2. The maximum absolute atomic E-state index is 12.9. The Bertz CT molecular complexity index is 567. The van der Waals surface area contributed by atoms with E-state index in [0.29, 0.717) is 31.4 Å². The van der Waals surface area contributed by atoms with E-state index >= 15 is 0 Å². The number of hydrogen-bond acceptors (Lipinski definition) is 3. The first kappa shape index (κ1) is 14.6. The average Bonchev–Trinajstić information content (AvgIpc) is 3.28. The molecule has 0 spiro atoms. The van der Waals surface area contributed by atoms with E-state index in [9.17, 15) is 9.59 Å². The number of amides is 2. The zero-order valence-electron chi connectivity index (χ0n) is 11.9. The van der Waals surface area contributed by atoms with E-state index in [1.807, 2.05) is 16.8 Å². The molecule has 0 aromatic carbocycles. The van der Waals surface area contributed by atoms with Crippen molar-refractivity contribution in [3.05, 3.63) is 22.4 Å². The summed E-state index contributed by atoms with van der Waals surface area (Å²) in [6.45, 7) is 1.76. The number of nitrogens with zero attached hydrogens (tertiary/aromatic N) is 2. The van der Waals surface area contributed by atoms with Crippen LogP contribution in [-0.4, -0.2) is 54.0 Å². The summed E-state index contributed by atoms with van der Waals surface area (Å²) in [6, 6.07) is 1.83. The number of rotatable bonds is 3. The highest BCUT2D eigenvalue weighted by Gasteiger charge is 2.35. The minimum absolute atomic E-state index is 0.0669. The van der Waals surface area contributed by atoms with Gasteiger partial charge >= 0.3 is 0 Å². The molecule has 2 heterocycles. The standard InChI is InChI=1S/C14H19BrN4O2/c1-16-13(20)12-7-17-4-5-18(12)14(21)11-6-9(15)8-19(11)10-2-3-10/h6,8,10,12,17H,2-5,7H2,1H3,(H,16,20). The first-order chi connectivity index (χ1) is 10.1. The van der Waals surface area contributed by atoms with Gasteiger partial charge in [-0.05, 0) is 34.8 Å². The molecule has 1 aliphatic carbocycles. The minimum atomic E-state index is -0.447. The lowest BCUT2D eigenvalue weighted by atomic mass is 10.1. The Hall–Kier alpha value is -1.34.